The molecular weight excluding hydrogens is 600 g/mol. The van der Waals surface area contributed by atoms with Gasteiger partial charge in [-0.05, 0) is 67.6 Å². The predicted octanol–water partition coefficient (Wildman–Crippen LogP) is 6.88. The number of hydrogen-bond donors (Lipinski definition) is 0. The summed E-state index contributed by atoms with van der Waals surface area (Å²) < 4.78 is 13.7. The maximum absolute atomic E-state index is 14.1. The largest absolute Gasteiger partial charge is 0.463 e. The number of thioether (sulfide) groups is 1. The fourth-order valence-electron chi connectivity index (χ4n) is 5.11. The summed E-state index contributed by atoms with van der Waals surface area (Å²) in [6.45, 7) is 3.95. The molecule has 3 aromatic carbocycles. The molecule has 216 valence electrons. The van der Waals surface area contributed by atoms with Crippen LogP contribution in [0.25, 0.3) is 23.1 Å². The van der Waals surface area contributed by atoms with Gasteiger partial charge in [0.05, 0.1) is 28.5 Å². The number of aryl methyl sites for hydroxylation is 1. The van der Waals surface area contributed by atoms with Gasteiger partial charge in [-0.3, -0.25) is 9.36 Å². The minimum atomic E-state index is -0.732. The molecule has 0 bridgehead atoms. The van der Waals surface area contributed by atoms with Crippen LogP contribution in [0.5, 0.6) is 0 Å². The first-order chi connectivity index (χ1) is 20.9. The fourth-order valence-corrected chi connectivity index (χ4v) is 6.67. The van der Waals surface area contributed by atoms with E-state index in [4.69, 9.17) is 25.7 Å². The summed E-state index contributed by atoms with van der Waals surface area (Å²) in [7, 11) is 0. The summed E-state index contributed by atoms with van der Waals surface area (Å²) in [6.07, 6.45) is 3.72. The molecule has 0 saturated carbocycles. The molecule has 1 atom stereocenters. The number of carbonyl (C=O) groups excluding carboxylic acids is 1. The lowest BCUT2D eigenvalue weighted by atomic mass is 9.93. The van der Waals surface area contributed by atoms with Gasteiger partial charge in [-0.1, -0.05) is 71.5 Å². The predicted molar refractivity (Wildman–Crippen MR) is 173 cm³/mol. The molecule has 1 aliphatic heterocycles. The van der Waals surface area contributed by atoms with Crippen LogP contribution >= 0.6 is 34.7 Å². The summed E-state index contributed by atoms with van der Waals surface area (Å²) in [5.41, 5.74) is 4.00. The quantitative estimate of drug-likeness (QED) is 0.145. The number of furan rings is 1. The third-order valence-electron chi connectivity index (χ3n) is 7.17. The number of fused-ring (bicyclic) bond motifs is 1. The third kappa shape index (κ3) is 5.66. The number of thiazole rings is 1. The van der Waals surface area contributed by atoms with Crippen LogP contribution in [0.4, 0.5) is 0 Å². The lowest BCUT2D eigenvalue weighted by molar-refractivity contribution is -0.138. The number of ether oxygens (including phenoxy) is 1. The van der Waals surface area contributed by atoms with E-state index >= 15 is 0 Å². The van der Waals surface area contributed by atoms with Gasteiger partial charge in [0, 0.05) is 27.1 Å². The van der Waals surface area contributed by atoms with Crippen molar-refractivity contribution in [2.75, 3.05) is 12.9 Å². The highest BCUT2D eigenvalue weighted by atomic mass is 35.5. The van der Waals surface area contributed by atoms with E-state index in [2.05, 4.69) is 0 Å². The first kappa shape index (κ1) is 29.0. The van der Waals surface area contributed by atoms with Crippen molar-refractivity contribution < 1.29 is 13.9 Å². The topological polar surface area (TPSA) is 73.8 Å². The number of hydrogen-bond acceptors (Lipinski definition) is 7. The lowest BCUT2D eigenvalue weighted by Gasteiger charge is -2.26. The van der Waals surface area contributed by atoms with Crippen LogP contribution < -0.4 is 14.9 Å². The molecule has 1 aliphatic rings. The molecule has 0 unspecified atom stereocenters. The Morgan fingerprint density at radius 2 is 1.86 bits per heavy atom. The van der Waals surface area contributed by atoms with Crippen LogP contribution in [0.15, 0.2) is 110 Å². The molecule has 6 nitrogen and oxygen atoms in total. The molecule has 0 aliphatic carbocycles. The van der Waals surface area contributed by atoms with Crippen molar-refractivity contribution >= 4 is 52.4 Å². The van der Waals surface area contributed by atoms with Crippen molar-refractivity contribution in [3.8, 4) is 11.3 Å². The Kier molecular flexibility index (Phi) is 8.25. The second-order valence-electron chi connectivity index (χ2n) is 9.87. The van der Waals surface area contributed by atoms with Gasteiger partial charge in [-0.15, -0.1) is 11.8 Å². The van der Waals surface area contributed by atoms with Gasteiger partial charge in [0.25, 0.3) is 5.56 Å². The van der Waals surface area contributed by atoms with Gasteiger partial charge in [0.2, 0.25) is 0 Å². The van der Waals surface area contributed by atoms with Gasteiger partial charge in [-0.25, -0.2) is 9.79 Å². The Bertz CT molecular complexity index is 2040. The van der Waals surface area contributed by atoms with Crippen LogP contribution in [0, 0.1) is 6.92 Å². The highest BCUT2D eigenvalue weighted by Gasteiger charge is 2.35. The summed E-state index contributed by atoms with van der Waals surface area (Å²) in [5, 5.41) is 0.615. The maximum atomic E-state index is 14.1. The standard InChI is InChI=1S/C34H27ClN2O4S2/c1-4-40-33(39)29-30(21-8-6-5-7-9-21)36-34-37(31(29)22-11-15-25(42-3)16-12-22)32(38)28(43-34)19-24-14-17-27(41-24)26-18-23(35)13-10-20(26)2/h5-19,31H,4H2,1-3H3/b28-19-/t31-/m1/s1. The number of rotatable bonds is 7. The molecule has 0 radical (unpaired) electrons. The molecule has 0 fully saturated rings. The van der Waals surface area contributed by atoms with Crippen LogP contribution in [0.3, 0.4) is 0 Å². The fraction of sp³-hybridized carbons (Fsp3) is 0.147. The van der Waals surface area contributed by atoms with E-state index in [-0.39, 0.29) is 12.2 Å². The Labute approximate surface area is 261 Å². The second kappa shape index (κ2) is 12.2. The average molecular weight is 627 g/mol. The first-order valence-electron chi connectivity index (χ1n) is 13.7. The van der Waals surface area contributed by atoms with Crippen molar-refractivity contribution in [1.82, 2.24) is 4.57 Å². The van der Waals surface area contributed by atoms with Crippen molar-refractivity contribution in [1.29, 1.82) is 0 Å². The first-order valence-corrected chi connectivity index (χ1v) is 16.1. The number of carbonyl (C=O) groups is 1. The molecule has 0 amide bonds. The molecular formula is C34H27ClN2O4S2. The number of nitrogens with zero attached hydrogens (tertiary/aromatic N) is 2. The molecule has 9 heteroatoms. The Morgan fingerprint density at radius 3 is 2.58 bits per heavy atom. The monoisotopic (exact) mass is 626 g/mol. The van der Waals surface area contributed by atoms with Gasteiger partial charge in [0.15, 0.2) is 4.80 Å². The normalized spacial score (nSPS) is 14.9. The van der Waals surface area contributed by atoms with E-state index in [0.29, 0.717) is 37.1 Å². The van der Waals surface area contributed by atoms with Gasteiger partial charge >= 0.3 is 5.97 Å². The molecule has 3 heterocycles. The zero-order valence-corrected chi connectivity index (χ0v) is 26.1. The van der Waals surface area contributed by atoms with Crippen molar-refractivity contribution in [3.05, 3.63) is 138 Å². The van der Waals surface area contributed by atoms with Gasteiger partial charge in [0.1, 0.15) is 11.5 Å². The van der Waals surface area contributed by atoms with Crippen LogP contribution in [-0.4, -0.2) is 23.4 Å². The Balaban J connectivity index is 1.56. The van der Waals surface area contributed by atoms with E-state index in [9.17, 15) is 9.59 Å². The van der Waals surface area contributed by atoms with Crippen molar-refractivity contribution in [2.24, 2.45) is 4.99 Å². The number of esters is 1. The maximum Gasteiger partial charge on any atom is 0.338 e. The zero-order valence-electron chi connectivity index (χ0n) is 23.7. The SMILES string of the molecule is CCOC(=O)C1=C(c2ccccc2)N=c2s/c(=C\c3ccc(-c4cc(Cl)ccc4C)o3)c(=O)n2[C@@H]1c1ccc(SC)cc1. The van der Waals surface area contributed by atoms with Crippen LogP contribution in [0.1, 0.15) is 35.4 Å². The molecule has 0 saturated heterocycles. The summed E-state index contributed by atoms with van der Waals surface area (Å²) >= 11 is 9.11. The Hall–Kier alpha value is -4.11. The van der Waals surface area contributed by atoms with Crippen LogP contribution in [0.2, 0.25) is 5.02 Å². The summed E-state index contributed by atoms with van der Waals surface area (Å²) in [5.74, 6) is 0.668. The van der Waals surface area contributed by atoms with Gasteiger partial charge < -0.3 is 9.15 Å². The lowest BCUT2D eigenvalue weighted by Crippen LogP contribution is -2.40. The molecule has 0 spiro atoms. The van der Waals surface area contributed by atoms with E-state index in [1.165, 1.54) is 11.3 Å². The molecule has 5 aromatic rings. The van der Waals surface area contributed by atoms with Crippen molar-refractivity contribution in [2.45, 2.75) is 24.8 Å². The minimum absolute atomic E-state index is 0.194. The van der Waals surface area contributed by atoms with Gasteiger partial charge in [-0.2, -0.15) is 0 Å². The van der Waals surface area contributed by atoms with E-state index < -0.39 is 12.0 Å². The summed E-state index contributed by atoms with van der Waals surface area (Å²) in [4.78, 5) is 34.2. The number of benzene rings is 3. The second-order valence-corrected chi connectivity index (χ2v) is 12.2. The Morgan fingerprint density at radius 1 is 1.09 bits per heavy atom. The number of aromatic nitrogens is 1. The van der Waals surface area contributed by atoms with Crippen molar-refractivity contribution in [3.63, 3.8) is 0 Å². The minimum Gasteiger partial charge on any atom is -0.463 e. The highest BCUT2D eigenvalue weighted by molar-refractivity contribution is 7.98. The highest BCUT2D eigenvalue weighted by Crippen LogP contribution is 2.36. The van der Waals surface area contributed by atoms with E-state index in [1.807, 2.05) is 98.1 Å². The molecule has 0 N–H and O–H groups in total. The van der Waals surface area contributed by atoms with Crippen LogP contribution in [-0.2, 0) is 9.53 Å². The van der Waals surface area contributed by atoms with E-state index in [1.54, 1.807) is 29.3 Å². The smallest absolute Gasteiger partial charge is 0.338 e. The average Bonchev–Trinajstić information content (AvgIpc) is 3.62. The molecule has 43 heavy (non-hydrogen) atoms. The van der Waals surface area contributed by atoms with E-state index in [0.717, 1.165) is 27.1 Å². The summed E-state index contributed by atoms with van der Waals surface area (Å²) in [6, 6.07) is 26.0. The molecule has 2 aromatic heterocycles. The molecule has 6 rings (SSSR count). The zero-order chi connectivity index (χ0) is 30.1. The third-order valence-corrected chi connectivity index (χ3v) is 9.13. The number of halogens is 1.